The largest absolute Gasteiger partial charge is 0.480 e. The van der Waals surface area contributed by atoms with Gasteiger partial charge in [0.25, 0.3) is 0 Å². The third-order valence-corrected chi connectivity index (χ3v) is 3.53. The first-order valence-corrected chi connectivity index (χ1v) is 5.63. The normalized spacial score (nSPS) is 28.7. The van der Waals surface area contributed by atoms with Gasteiger partial charge in [-0.3, -0.25) is 10.1 Å². The zero-order chi connectivity index (χ0) is 9.73. The van der Waals surface area contributed by atoms with Crippen LogP contribution in [0.25, 0.3) is 0 Å². The third-order valence-electron chi connectivity index (χ3n) is 2.26. The lowest BCUT2D eigenvalue weighted by Gasteiger charge is -2.33. The van der Waals surface area contributed by atoms with Crippen molar-refractivity contribution in [1.29, 1.82) is 0 Å². The first kappa shape index (κ1) is 10.8. The molecule has 5 heteroatoms. The predicted octanol–water partition coefficient (Wildman–Crippen LogP) is -0.115. The molecule has 1 rings (SSSR count). The number of carboxylic acids is 1. The highest BCUT2D eigenvalue weighted by molar-refractivity contribution is 7.99. The van der Waals surface area contributed by atoms with Crippen molar-refractivity contribution in [3.63, 3.8) is 0 Å². The van der Waals surface area contributed by atoms with E-state index in [9.17, 15) is 4.79 Å². The van der Waals surface area contributed by atoms with E-state index in [1.54, 1.807) is 11.8 Å². The second-order valence-electron chi connectivity index (χ2n) is 3.26. The summed E-state index contributed by atoms with van der Waals surface area (Å²) < 4.78 is 0. The summed E-state index contributed by atoms with van der Waals surface area (Å²) in [7, 11) is 0. The van der Waals surface area contributed by atoms with Crippen molar-refractivity contribution < 1.29 is 9.90 Å². The Kier molecular flexibility index (Phi) is 4.02. The summed E-state index contributed by atoms with van der Waals surface area (Å²) >= 11 is 1.70. The Morgan fingerprint density at radius 3 is 2.92 bits per heavy atom. The van der Waals surface area contributed by atoms with Crippen LogP contribution in [-0.4, -0.2) is 41.2 Å². The Balaban J connectivity index is 2.56. The van der Waals surface area contributed by atoms with E-state index in [1.807, 2.05) is 0 Å². The van der Waals surface area contributed by atoms with E-state index in [0.717, 1.165) is 18.6 Å². The molecule has 0 aromatic carbocycles. The van der Waals surface area contributed by atoms with Gasteiger partial charge in [-0.2, -0.15) is 11.8 Å². The van der Waals surface area contributed by atoms with Crippen molar-refractivity contribution in [2.45, 2.75) is 18.4 Å². The fourth-order valence-corrected chi connectivity index (χ4v) is 2.70. The zero-order valence-corrected chi connectivity index (χ0v) is 8.40. The van der Waals surface area contributed by atoms with Crippen molar-refractivity contribution >= 4 is 17.7 Å². The Bertz CT molecular complexity index is 181. The summed E-state index contributed by atoms with van der Waals surface area (Å²) in [6.45, 7) is 1.06. The van der Waals surface area contributed by atoms with Crippen LogP contribution in [0.4, 0.5) is 0 Å². The Labute approximate surface area is 82.3 Å². The predicted molar refractivity (Wildman–Crippen MR) is 54.0 cm³/mol. The zero-order valence-electron chi connectivity index (χ0n) is 7.58. The summed E-state index contributed by atoms with van der Waals surface area (Å²) in [5.41, 5.74) is 4.62. The molecule has 1 aliphatic heterocycles. The van der Waals surface area contributed by atoms with Crippen LogP contribution in [0, 0.1) is 0 Å². The van der Waals surface area contributed by atoms with Gasteiger partial charge in [0.15, 0.2) is 0 Å². The van der Waals surface area contributed by atoms with Crippen LogP contribution in [0.1, 0.15) is 12.8 Å². The minimum atomic E-state index is -0.742. The number of aliphatic carboxylic acids is 1. The number of hydrogen-bond donors (Lipinski definition) is 3. The number of thioether (sulfide) groups is 1. The van der Waals surface area contributed by atoms with Crippen molar-refractivity contribution in [3.8, 4) is 0 Å². The molecule has 4 N–H and O–H groups in total. The minimum absolute atomic E-state index is 0.486. The fourth-order valence-electron chi connectivity index (χ4n) is 1.49. The molecule has 1 fully saturated rings. The van der Waals surface area contributed by atoms with Crippen LogP contribution in [0.5, 0.6) is 0 Å². The van der Waals surface area contributed by atoms with Crippen LogP contribution in [-0.2, 0) is 4.79 Å². The molecule has 1 unspecified atom stereocenters. The van der Waals surface area contributed by atoms with Crippen molar-refractivity contribution in [2.24, 2.45) is 5.73 Å². The molecule has 76 valence electrons. The number of rotatable bonds is 4. The SMILES string of the molecule is NCCNC1(C(=O)O)CCCSC1. The van der Waals surface area contributed by atoms with E-state index >= 15 is 0 Å². The van der Waals surface area contributed by atoms with Gasteiger partial charge in [-0.15, -0.1) is 0 Å². The molecular formula is C8H16N2O2S. The topological polar surface area (TPSA) is 75.3 Å². The molecular weight excluding hydrogens is 188 g/mol. The van der Waals surface area contributed by atoms with Crippen molar-refractivity contribution in [3.05, 3.63) is 0 Å². The van der Waals surface area contributed by atoms with Gasteiger partial charge in [0.05, 0.1) is 0 Å². The molecule has 0 radical (unpaired) electrons. The first-order valence-electron chi connectivity index (χ1n) is 4.47. The molecule has 0 aromatic rings. The molecule has 0 amide bonds. The van der Waals surface area contributed by atoms with E-state index in [1.165, 1.54) is 0 Å². The minimum Gasteiger partial charge on any atom is -0.480 e. The summed E-state index contributed by atoms with van der Waals surface area (Å²) in [6, 6.07) is 0. The van der Waals surface area contributed by atoms with Crippen LogP contribution < -0.4 is 11.1 Å². The van der Waals surface area contributed by atoms with Crippen molar-refractivity contribution in [2.75, 3.05) is 24.6 Å². The van der Waals surface area contributed by atoms with Crippen LogP contribution in [0.15, 0.2) is 0 Å². The molecule has 0 aliphatic carbocycles. The van der Waals surface area contributed by atoms with Crippen LogP contribution in [0.3, 0.4) is 0 Å². The van der Waals surface area contributed by atoms with Gasteiger partial charge in [0, 0.05) is 18.8 Å². The molecule has 13 heavy (non-hydrogen) atoms. The summed E-state index contributed by atoms with van der Waals surface area (Å²) in [5, 5.41) is 12.1. The maximum atomic E-state index is 11.1. The highest BCUT2D eigenvalue weighted by Crippen LogP contribution is 2.26. The Morgan fingerprint density at radius 1 is 1.69 bits per heavy atom. The van der Waals surface area contributed by atoms with Crippen LogP contribution in [0.2, 0.25) is 0 Å². The molecule has 1 saturated heterocycles. The Morgan fingerprint density at radius 2 is 2.46 bits per heavy atom. The average molecular weight is 204 g/mol. The lowest BCUT2D eigenvalue weighted by atomic mass is 9.95. The van der Waals surface area contributed by atoms with E-state index in [4.69, 9.17) is 10.8 Å². The van der Waals surface area contributed by atoms with Crippen LogP contribution >= 0.6 is 11.8 Å². The maximum absolute atomic E-state index is 11.1. The number of nitrogens with two attached hydrogens (primary N) is 1. The summed E-state index contributed by atoms with van der Waals surface area (Å²) in [5.74, 6) is 0.981. The second kappa shape index (κ2) is 4.83. The van der Waals surface area contributed by atoms with Gasteiger partial charge >= 0.3 is 5.97 Å². The molecule has 0 spiro atoms. The number of carboxylic acid groups (broad SMARTS) is 1. The quantitative estimate of drug-likeness (QED) is 0.595. The van der Waals surface area contributed by atoms with E-state index in [2.05, 4.69) is 5.32 Å². The van der Waals surface area contributed by atoms with Gasteiger partial charge in [0.2, 0.25) is 0 Å². The van der Waals surface area contributed by atoms with Gasteiger partial charge in [-0.25, -0.2) is 0 Å². The summed E-state index contributed by atoms with van der Waals surface area (Å²) in [6.07, 6.45) is 1.68. The van der Waals surface area contributed by atoms with E-state index in [-0.39, 0.29) is 0 Å². The molecule has 1 heterocycles. The van der Waals surface area contributed by atoms with Gasteiger partial charge in [-0.1, -0.05) is 0 Å². The number of carbonyl (C=O) groups is 1. The van der Waals surface area contributed by atoms with E-state index in [0.29, 0.717) is 18.8 Å². The molecule has 1 aliphatic rings. The van der Waals surface area contributed by atoms with Gasteiger partial charge in [-0.05, 0) is 18.6 Å². The summed E-state index contributed by atoms with van der Waals surface area (Å²) in [4.78, 5) is 11.1. The molecule has 0 aromatic heterocycles. The van der Waals surface area contributed by atoms with Gasteiger partial charge < -0.3 is 10.8 Å². The fraction of sp³-hybridized carbons (Fsp3) is 0.875. The third kappa shape index (κ3) is 2.59. The number of nitrogens with one attached hydrogen (secondary N) is 1. The number of hydrogen-bond acceptors (Lipinski definition) is 4. The maximum Gasteiger partial charge on any atom is 0.324 e. The molecule has 1 atom stereocenters. The second-order valence-corrected chi connectivity index (χ2v) is 4.36. The molecule has 0 saturated carbocycles. The van der Waals surface area contributed by atoms with Gasteiger partial charge in [0.1, 0.15) is 5.54 Å². The smallest absolute Gasteiger partial charge is 0.324 e. The standard InChI is InChI=1S/C8H16N2O2S/c9-3-4-10-8(7(11)12)2-1-5-13-6-8/h10H,1-6,9H2,(H,11,12). The molecule has 4 nitrogen and oxygen atoms in total. The highest BCUT2D eigenvalue weighted by atomic mass is 32.2. The molecule has 0 bridgehead atoms. The first-order chi connectivity index (χ1) is 6.21. The van der Waals surface area contributed by atoms with Crippen molar-refractivity contribution in [1.82, 2.24) is 5.32 Å². The lowest BCUT2D eigenvalue weighted by Crippen LogP contribution is -2.56. The van der Waals surface area contributed by atoms with E-state index < -0.39 is 11.5 Å². The highest BCUT2D eigenvalue weighted by Gasteiger charge is 2.39. The lowest BCUT2D eigenvalue weighted by molar-refractivity contribution is -0.144. The monoisotopic (exact) mass is 204 g/mol. The average Bonchev–Trinajstić information content (AvgIpc) is 2.16. The Hall–Kier alpha value is -0.260.